The number of furan rings is 1. The average molecular weight is 296 g/mol. The molecule has 2 aromatic rings. The van der Waals surface area contributed by atoms with Crippen LogP contribution < -0.4 is 0 Å². The third kappa shape index (κ3) is 5.05. The van der Waals surface area contributed by atoms with Gasteiger partial charge in [0.2, 0.25) is 0 Å². The van der Waals surface area contributed by atoms with Crippen molar-refractivity contribution in [3.05, 3.63) is 40.2 Å². The van der Waals surface area contributed by atoms with Crippen molar-refractivity contribution in [1.82, 2.24) is 9.88 Å². The van der Waals surface area contributed by atoms with E-state index in [-0.39, 0.29) is 0 Å². The van der Waals surface area contributed by atoms with Gasteiger partial charge in [-0.1, -0.05) is 0 Å². The molecule has 0 amide bonds. The maximum absolute atomic E-state index is 9.92. The Morgan fingerprint density at radius 2 is 2.40 bits per heavy atom. The van der Waals surface area contributed by atoms with Gasteiger partial charge in [0.05, 0.1) is 24.0 Å². The molecule has 2 heterocycles. The van der Waals surface area contributed by atoms with Crippen LogP contribution in [0, 0.1) is 6.92 Å². The molecule has 20 heavy (non-hydrogen) atoms. The molecule has 1 N–H and O–H groups in total. The molecule has 1 atom stereocenters. The number of hydrogen-bond acceptors (Lipinski definition) is 6. The molecule has 2 rings (SSSR count). The zero-order valence-corrected chi connectivity index (χ0v) is 12.6. The van der Waals surface area contributed by atoms with Crippen molar-refractivity contribution in [3.63, 3.8) is 0 Å². The minimum absolute atomic E-state index is 0.298. The third-order valence-corrected chi connectivity index (χ3v) is 3.65. The summed E-state index contributed by atoms with van der Waals surface area (Å²) in [7, 11) is 1.98. The van der Waals surface area contributed by atoms with Crippen molar-refractivity contribution < 1.29 is 14.3 Å². The Morgan fingerprint density at radius 1 is 1.55 bits per heavy atom. The van der Waals surface area contributed by atoms with Crippen LogP contribution in [0.2, 0.25) is 0 Å². The monoisotopic (exact) mass is 296 g/mol. The highest BCUT2D eigenvalue weighted by Crippen LogP contribution is 2.13. The zero-order chi connectivity index (χ0) is 14.4. The number of hydrogen-bond donors (Lipinski definition) is 1. The fourth-order valence-electron chi connectivity index (χ4n) is 1.91. The molecule has 0 bridgehead atoms. The molecule has 0 aliphatic heterocycles. The van der Waals surface area contributed by atoms with Crippen molar-refractivity contribution in [2.45, 2.75) is 26.2 Å². The Labute approximate surface area is 122 Å². The number of aryl methyl sites for hydroxylation is 1. The second-order valence-electron chi connectivity index (χ2n) is 4.79. The number of likely N-dealkylation sites (N-methyl/N-ethyl adjacent to an activating group) is 1. The van der Waals surface area contributed by atoms with Gasteiger partial charge < -0.3 is 14.3 Å². The Morgan fingerprint density at radius 3 is 3.05 bits per heavy atom. The first kappa shape index (κ1) is 15.2. The first-order valence-corrected chi connectivity index (χ1v) is 7.33. The Hall–Kier alpha value is -1.21. The smallest absolute Gasteiger partial charge is 0.129 e. The Kier molecular flexibility index (Phi) is 5.72. The van der Waals surface area contributed by atoms with Gasteiger partial charge in [0, 0.05) is 24.2 Å². The second-order valence-corrected chi connectivity index (χ2v) is 6.11. The summed E-state index contributed by atoms with van der Waals surface area (Å²) in [5.74, 6) is 0.769. The van der Waals surface area contributed by atoms with E-state index in [1.807, 2.05) is 32.3 Å². The minimum atomic E-state index is -0.510. The molecule has 0 aliphatic carbocycles. The number of nitrogens with zero attached hydrogens (tertiary/aromatic N) is 2. The standard InChI is InChI=1S/C14H20N2O3S/c1-11-15-6-14(20-11)8-16(2)7-12(17)9-18-10-13-4-3-5-19-13/h3-6,12,17H,7-10H2,1-2H3/t12-/m0/s1. The molecule has 0 spiro atoms. The summed E-state index contributed by atoms with van der Waals surface area (Å²) in [5.41, 5.74) is 0. The van der Waals surface area contributed by atoms with Crippen LogP contribution in [0.1, 0.15) is 15.6 Å². The molecule has 5 nitrogen and oxygen atoms in total. The van der Waals surface area contributed by atoms with E-state index in [1.165, 1.54) is 4.88 Å². The van der Waals surface area contributed by atoms with Crippen molar-refractivity contribution in [2.75, 3.05) is 20.2 Å². The van der Waals surface area contributed by atoms with E-state index in [4.69, 9.17) is 9.15 Å². The quantitative estimate of drug-likeness (QED) is 0.808. The third-order valence-electron chi connectivity index (χ3n) is 2.75. The topological polar surface area (TPSA) is 58.7 Å². The summed E-state index contributed by atoms with van der Waals surface area (Å²) in [4.78, 5) is 7.49. The molecule has 0 radical (unpaired) electrons. The maximum atomic E-state index is 9.92. The van der Waals surface area contributed by atoms with Crippen molar-refractivity contribution in [3.8, 4) is 0 Å². The van der Waals surface area contributed by atoms with Gasteiger partial charge in [0.15, 0.2) is 0 Å². The SMILES string of the molecule is Cc1ncc(CN(C)C[C@H](O)COCc2ccco2)s1. The molecule has 0 aromatic carbocycles. The summed E-state index contributed by atoms with van der Waals surface area (Å²) in [6.45, 7) is 4.04. The van der Waals surface area contributed by atoms with Crippen molar-refractivity contribution in [2.24, 2.45) is 0 Å². The van der Waals surface area contributed by atoms with Gasteiger partial charge in [-0.25, -0.2) is 4.98 Å². The van der Waals surface area contributed by atoms with Gasteiger partial charge in [0.25, 0.3) is 0 Å². The zero-order valence-electron chi connectivity index (χ0n) is 11.8. The van der Waals surface area contributed by atoms with E-state index in [1.54, 1.807) is 17.6 Å². The van der Waals surface area contributed by atoms with Crippen LogP contribution in [0.3, 0.4) is 0 Å². The lowest BCUT2D eigenvalue weighted by molar-refractivity contribution is 0.00778. The highest BCUT2D eigenvalue weighted by molar-refractivity contribution is 7.11. The van der Waals surface area contributed by atoms with Crippen LogP contribution in [-0.2, 0) is 17.9 Å². The van der Waals surface area contributed by atoms with Crippen LogP contribution in [-0.4, -0.2) is 41.3 Å². The van der Waals surface area contributed by atoms with Crippen LogP contribution in [0.15, 0.2) is 29.0 Å². The summed E-state index contributed by atoms with van der Waals surface area (Å²) in [6.07, 6.45) is 2.99. The molecule has 0 unspecified atom stereocenters. The van der Waals surface area contributed by atoms with Crippen molar-refractivity contribution in [1.29, 1.82) is 0 Å². The van der Waals surface area contributed by atoms with E-state index in [0.29, 0.717) is 19.8 Å². The van der Waals surface area contributed by atoms with Gasteiger partial charge in [-0.05, 0) is 26.1 Å². The number of rotatable bonds is 8. The van der Waals surface area contributed by atoms with Crippen LogP contribution in [0.25, 0.3) is 0 Å². The molecule has 0 fully saturated rings. The average Bonchev–Trinajstić information content (AvgIpc) is 3.01. The Balaban J connectivity index is 1.64. The number of aliphatic hydroxyl groups is 1. The molecule has 0 saturated heterocycles. The fraction of sp³-hybridized carbons (Fsp3) is 0.500. The number of thiazole rings is 1. The molecule has 6 heteroatoms. The molecule has 110 valence electrons. The second kappa shape index (κ2) is 7.54. The summed E-state index contributed by atoms with van der Waals surface area (Å²) < 4.78 is 10.6. The first-order valence-electron chi connectivity index (χ1n) is 6.51. The number of aromatic nitrogens is 1. The summed E-state index contributed by atoms with van der Waals surface area (Å²) >= 11 is 1.68. The minimum Gasteiger partial charge on any atom is -0.467 e. The summed E-state index contributed by atoms with van der Waals surface area (Å²) in [5, 5.41) is 11.0. The van der Waals surface area contributed by atoms with Crippen LogP contribution >= 0.6 is 11.3 Å². The first-order chi connectivity index (χ1) is 9.63. The molecule has 0 aliphatic rings. The lowest BCUT2D eigenvalue weighted by Crippen LogP contribution is -2.31. The van der Waals surface area contributed by atoms with Crippen LogP contribution in [0.4, 0.5) is 0 Å². The van der Waals surface area contributed by atoms with Gasteiger partial charge in [-0.15, -0.1) is 11.3 Å². The predicted octanol–water partition coefficient (Wildman–Crippen LogP) is 2.05. The molecular weight excluding hydrogens is 276 g/mol. The highest BCUT2D eigenvalue weighted by Gasteiger charge is 2.10. The number of ether oxygens (including phenoxy) is 1. The van der Waals surface area contributed by atoms with Gasteiger partial charge in [0.1, 0.15) is 12.4 Å². The lowest BCUT2D eigenvalue weighted by Gasteiger charge is -2.19. The Bertz CT molecular complexity index is 498. The maximum Gasteiger partial charge on any atom is 0.129 e. The van der Waals surface area contributed by atoms with Crippen molar-refractivity contribution >= 4 is 11.3 Å². The lowest BCUT2D eigenvalue weighted by atomic mass is 10.3. The van der Waals surface area contributed by atoms with Crippen LogP contribution in [0.5, 0.6) is 0 Å². The van der Waals surface area contributed by atoms with Gasteiger partial charge in [-0.2, -0.15) is 0 Å². The van der Waals surface area contributed by atoms with E-state index in [0.717, 1.165) is 17.3 Å². The largest absolute Gasteiger partial charge is 0.467 e. The summed E-state index contributed by atoms with van der Waals surface area (Å²) in [6, 6.07) is 3.67. The normalized spacial score (nSPS) is 13.0. The van der Waals surface area contributed by atoms with E-state index >= 15 is 0 Å². The fourth-order valence-corrected chi connectivity index (χ4v) is 2.79. The van der Waals surface area contributed by atoms with E-state index in [2.05, 4.69) is 9.88 Å². The highest BCUT2D eigenvalue weighted by atomic mass is 32.1. The number of aliphatic hydroxyl groups excluding tert-OH is 1. The predicted molar refractivity (Wildman–Crippen MR) is 77.6 cm³/mol. The molecule has 0 saturated carbocycles. The molecule has 2 aromatic heterocycles. The van der Waals surface area contributed by atoms with Gasteiger partial charge in [-0.3, -0.25) is 4.90 Å². The van der Waals surface area contributed by atoms with E-state index in [9.17, 15) is 5.11 Å². The van der Waals surface area contributed by atoms with E-state index < -0.39 is 6.10 Å². The molecular formula is C14H20N2O3S. The van der Waals surface area contributed by atoms with Gasteiger partial charge >= 0.3 is 0 Å².